The third-order valence-corrected chi connectivity index (χ3v) is 6.44. The van der Waals surface area contributed by atoms with E-state index in [9.17, 15) is 9.90 Å². The summed E-state index contributed by atoms with van der Waals surface area (Å²) in [7, 11) is 2.01. The summed E-state index contributed by atoms with van der Waals surface area (Å²) >= 11 is 0. The molecule has 8 heteroatoms. The Balaban J connectivity index is 1.45. The number of carbonyl (C=O) groups is 1. The average Bonchev–Trinajstić information content (AvgIpc) is 3.28. The fraction of sp³-hybridized carbons (Fsp3) is 0.200. The second kappa shape index (κ2) is 8.48. The molecule has 2 aromatic heterocycles. The molecule has 1 saturated heterocycles. The Morgan fingerprint density at radius 2 is 1.76 bits per heavy atom. The van der Waals surface area contributed by atoms with Crippen LogP contribution in [0.15, 0.2) is 85.3 Å². The van der Waals surface area contributed by atoms with Gasteiger partial charge in [-0.1, -0.05) is 18.2 Å². The molecule has 0 saturated carbocycles. The van der Waals surface area contributed by atoms with E-state index in [2.05, 4.69) is 55.3 Å². The summed E-state index contributed by atoms with van der Waals surface area (Å²) in [5, 5.41) is 12.8. The Morgan fingerprint density at radius 3 is 2.45 bits per heavy atom. The molecule has 5 rings (SSSR count). The van der Waals surface area contributed by atoms with Crippen LogP contribution in [0.4, 0.5) is 21.9 Å². The Hall–Kier alpha value is -4.04. The number of para-hydroxylation sites is 1. The van der Waals surface area contributed by atoms with Crippen molar-refractivity contribution in [2.24, 2.45) is 0 Å². The third-order valence-electron chi connectivity index (χ3n) is 6.44. The number of hydrogen-bond donors (Lipinski definition) is 2. The number of rotatable bonds is 5. The zero-order valence-electron chi connectivity index (χ0n) is 18.5. The van der Waals surface area contributed by atoms with E-state index in [1.165, 1.54) is 0 Å². The highest BCUT2D eigenvalue weighted by Gasteiger charge is 2.38. The summed E-state index contributed by atoms with van der Waals surface area (Å²) < 4.78 is 2.29. The van der Waals surface area contributed by atoms with Gasteiger partial charge in [0.15, 0.2) is 5.69 Å². The predicted octanol–water partition coefficient (Wildman–Crippen LogP) is 3.95. The van der Waals surface area contributed by atoms with Gasteiger partial charge in [0, 0.05) is 48.8 Å². The number of fused-ring (bicyclic) bond motifs is 1. The Morgan fingerprint density at radius 1 is 1.03 bits per heavy atom. The number of pyridine rings is 1. The Bertz CT molecular complexity index is 1250. The second-order valence-corrected chi connectivity index (χ2v) is 8.29. The number of anilines is 2. The number of amides is 1. The average molecular weight is 444 g/mol. The van der Waals surface area contributed by atoms with Gasteiger partial charge in [0.05, 0.1) is 24.3 Å². The molecule has 1 amide bonds. The molecular formula is C25H27N6O2+. The molecule has 0 unspecified atom stereocenters. The van der Waals surface area contributed by atoms with Crippen LogP contribution in [-0.2, 0) is 0 Å². The van der Waals surface area contributed by atoms with Gasteiger partial charge in [-0.25, -0.2) is 4.79 Å². The van der Waals surface area contributed by atoms with E-state index in [0.717, 1.165) is 41.1 Å². The number of quaternary nitrogens is 1. The van der Waals surface area contributed by atoms with E-state index in [0.29, 0.717) is 13.1 Å². The lowest BCUT2D eigenvalue weighted by Crippen LogP contribution is -2.69. The van der Waals surface area contributed by atoms with Gasteiger partial charge in [0.2, 0.25) is 0 Å². The minimum atomic E-state index is -1.02. The molecule has 1 fully saturated rings. The van der Waals surface area contributed by atoms with Crippen molar-refractivity contribution in [1.82, 2.24) is 19.7 Å². The van der Waals surface area contributed by atoms with Gasteiger partial charge in [-0.2, -0.15) is 10.0 Å². The van der Waals surface area contributed by atoms with E-state index in [1.54, 1.807) is 12.4 Å². The first-order valence-electron chi connectivity index (χ1n) is 11.0. The van der Waals surface area contributed by atoms with E-state index in [4.69, 9.17) is 0 Å². The van der Waals surface area contributed by atoms with Crippen LogP contribution >= 0.6 is 0 Å². The number of nitrogens with zero attached hydrogens (tertiary/aromatic N) is 5. The van der Waals surface area contributed by atoms with E-state index >= 15 is 0 Å². The van der Waals surface area contributed by atoms with Crippen LogP contribution in [0.3, 0.4) is 0 Å². The van der Waals surface area contributed by atoms with Crippen molar-refractivity contribution >= 4 is 34.1 Å². The maximum atomic E-state index is 11.8. The number of nitrogens with one attached hydrogen (secondary N) is 1. The SMILES string of the molecule is CN(c1ccncc1)n1ccc2cc([N+]3(NC(=O)O)CCN(c4ccccc4)CC3)ccc21. The lowest BCUT2D eigenvalue weighted by Gasteiger charge is -2.43. The molecule has 3 heterocycles. The van der Waals surface area contributed by atoms with Crippen molar-refractivity contribution in [3.8, 4) is 0 Å². The number of piperazine rings is 1. The monoisotopic (exact) mass is 443 g/mol. The van der Waals surface area contributed by atoms with Crippen LogP contribution in [0.2, 0.25) is 0 Å². The van der Waals surface area contributed by atoms with Gasteiger partial charge in [-0.3, -0.25) is 14.7 Å². The molecule has 168 valence electrons. The van der Waals surface area contributed by atoms with Crippen molar-refractivity contribution in [2.75, 3.05) is 43.1 Å². The standard InChI is InChI=1S/C25H26N6O2/c1-28(21-9-12-26-13-10-21)30-14-11-20-19-23(7-8-24(20)30)31(27-25(32)33)17-15-29(16-18-31)22-5-3-2-4-6-22/h2-14,19,27H,15-18H2,1H3/p+1. The molecule has 0 atom stereocenters. The minimum Gasteiger partial charge on any atom is -0.462 e. The lowest BCUT2D eigenvalue weighted by molar-refractivity contribution is 0.136. The Kier molecular flexibility index (Phi) is 5.35. The number of aromatic nitrogens is 2. The maximum absolute atomic E-state index is 11.8. The van der Waals surface area contributed by atoms with Gasteiger partial charge in [0.25, 0.3) is 0 Å². The Labute approximate surface area is 192 Å². The second-order valence-electron chi connectivity index (χ2n) is 8.29. The normalized spacial score (nSPS) is 15.4. The summed E-state index contributed by atoms with van der Waals surface area (Å²) in [6.07, 6.45) is 4.56. The molecule has 4 aromatic rings. The largest absolute Gasteiger partial charge is 0.462 e. The smallest absolute Gasteiger partial charge is 0.449 e. The molecule has 8 nitrogen and oxygen atoms in total. The molecule has 0 spiro atoms. The lowest BCUT2D eigenvalue weighted by atomic mass is 10.1. The van der Waals surface area contributed by atoms with Crippen LogP contribution in [0.1, 0.15) is 0 Å². The molecule has 2 N–H and O–H groups in total. The van der Waals surface area contributed by atoms with Crippen molar-refractivity contribution in [3.63, 3.8) is 0 Å². The first kappa shape index (κ1) is 20.8. The summed E-state index contributed by atoms with van der Waals surface area (Å²) in [5.41, 5.74) is 7.00. The predicted molar refractivity (Wildman–Crippen MR) is 131 cm³/mol. The number of hydrogen-bond acceptors (Lipinski definition) is 4. The van der Waals surface area contributed by atoms with Gasteiger partial charge < -0.3 is 10.0 Å². The maximum Gasteiger partial charge on any atom is 0.449 e. The summed E-state index contributed by atoms with van der Waals surface area (Å²) in [6, 6.07) is 22.4. The molecule has 2 aromatic carbocycles. The zero-order chi connectivity index (χ0) is 22.8. The van der Waals surface area contributed by atoms with Crippen molar-refractivity contribution < 1.29 is 9.90 Å². The highest BCUT2D eigenvalue weighted by molar-refractivity contribution is 5.84. The minimum absolute atomic E-state index is 0.208. The molecule has 1 aliphatic heterocycles. The van der Waals surface area contributed by atoms with Gasteiger partial charge >= 0.3 is 6.09 Å². The fourth-order valence-electron chi connectivity index (χ4n) is 4.65. The first-order chi connectivity index (χ1) is 16.1. The molecule has 0 aliphatic carbocycles. The van der Waals surface area contributed by atoms with Crippen LogP contribution in [0, 0.1) is 0 Å². The molecule has 33 heavy (non-hydrogen) atoms. The third kappa shape index (κ3) is 3.96. The van der Waals surface area contributed by atoms with Crippen molar-refractivity contribution in [2.45, 2.75) is 0 Å². The highest BCUT2D eigenvalue weighted by atomic mass is 16.4. The highest BCUT2D eigenvalue weighted by Crippen LogP contribution is 2.30. The van der Waals surface area contributed by atoms with Crippen molar-refractivity contribution in [3.05, 3.63) is 85.3 Å². The molecule has 1 aliphatic rings. The number of benzene rings is 2. The van der Waals surface area contributed by atoms with Gasteiger partial charge in [-0.05, 0) is 36.4 Å². The summed E-state index contributed by atoms with van der Waals surface area (Å²) in [4.78, 5) is 18.2. The zero-order valence-corrected chi connectivity index (χ0v) is 18.5. The molecular weight excluding hydrogens is 416 g/mol. The summed E-state index contributed by atoms with van der Waals surface area (Å²) in [6.45, 7) is 2.80. The van der Waals surface area contributed by atoms with Gasteiger partial charge in [0.1, 0.15) is 13.1 Å². The van der Waals surface area contributed by atoms with Crippen LogP contribution in [0.25, 0.3) is 10.9 Å². The number of carboxylic acid groups (broad SMARTS) is 1. The molecule has 0 radical (unpaired) electrons. The first-order valence-corrected chi connectivity index (χ1v) is 11.0. The van der Waals surface area contributed by atoms with Crippen molar-refractivity contribution in [1.29, 1.82) is 0 Å². The van der Waals surface area contributed by atoms with Gasteiger partial charge in [-0.15, -0.1) is 0 Å². The van der Waals surface area contributed by atoms with E-state index in [-0.39, 0.29) is 4.59 Å². The quantitative estimate of drug-likeness (QED) is 0.457. The van der Waals surface area contributed by atoms with Crippen LogP contribution < -0.4 is 19.9 Å². The van der Waals surface area contributed by atoms with E-state index < -0.39 is 6.09 Å². The molecule has 0 bridgehead atoms. The topological polar surface area (TPSA) is 73.6 Å². The van der Waals surface area contributed by atoms with E-state index in [1.807, 2.05) is 49.6 Å². The van der Waals surface area contributed by atoms with Crippen LogP contribution in [0.5, 0.6) is 0 Å². The van der Waals surface area contributed by atoms with Crippen LogP contribution in [-0.4, -0.2) is 54.1 Å². The fourth-order valence-corrected chi connectivity index (χ4v) is 4.65. The summed E-state index contributed by atoms with van der Waals surface area (Å²) in [5.74, 6) is 0.